The summed E-state index contributed by atoms with van der Waals surface area (Å²) >= 11 is 0. The van der Waals surface area contributed by atoms with Crippen LogP contribution in [0.5, 0.6) is 0 Å². The van der Waals surface area contributed by atoms with Gasteiger partial charge >= 0.3 is 0 Å². The summed E-state index contributed by atoms with van der Waals surface area (Å²) in [6.07, 6.45) is 4.60. The molecular weight excluding hydrogens is 485 g/mol. The predicted molar refractivity (Wildman–Crippen MR) is 150 cm³/mol. The molecule has 0 aliphatic heterocycles. The number of benzene rings is 2. The first-order valence-corrected chi connectivity index (χ1v) is 20.7. The molecule has 35 heavy (non-hydrogen) atoms. The Labute approximate surface area is 215 Å². The maximum atomic E-state index is 6.08. The molecule has 2 aromatic rings. The minimum absolute atomic E-state index is 0.332. The van der Waals surface area contributed by atoms with Gasteiger partial charge in [-0.1, -0.05) is 60.6 Å². The van der Waals surface area contributed by atoms with Gasteiger partial charge in [-0.25, -0.2) is 0 Å². The Morgan fingerprint density at radius 3 is 1.43 bits per heavy atom. The van der Waals surface area contributed by atoms with Crippen molar-refractivity contribution in [2.24, 2.45) is 0 Å². The van der Waals surface area contributed by atoms with Gasteiger partial charge in [0.15, 0.2) is 30.2 Å². The summed E-state index contributed by atoms with van der Waals surface area (Å²) in [6.45, 7) is 13.8. The standard InChI is InChI=1S/C28H38O4Si3/c1-34(2,3)31-19-29-27-15-21(23-11-7-9-13-25(23)27)17-33-18-22-16-28(30-20-32-35(4,5)6)26-14-10-8-12-24(22)26/h7-16,21-22H,17-20H2,1-6H3. The molecule has 0 saturated carbocycles. The van der Waals surface area contributed by atoms with E-state index in [0.717, 1.165) is 33.1 Å². The first kappa shape index (κ1) is 26.2. The maximum absolute atomic E-state index is 6.08. The highest BCUT2D eigenvalue weighted by Gasteiger charge is 2.28. The van der Waals surface area contributed by atoms with Gasteiger partial charge in [0.2, 0.25) is 0 Å². The Morgan fingerprint density at radius 2 is 1.03 bits per heavy atom. The highest BCUT2D eigenvalue weighted by Crippen LogP contribution is 2.41. The maximum Gasteiger partial charge on any atom is 0.188 e. The van der Waals surface area contributed by atoms with Gasteiger partial charge in [0.25, 0.3) is 0 Å². The Balaban J connectivity index is 1.37. The van der Waals surface area contributed by atoms with E-state index in [9.17, 15) is 0 Å². The van der Waals surface area contributed by atoms with Gasteiger partial charge in [-0.2, -0.15) is 0 Å². The summed E-state index contributed by atoms with van der Waals surface area (Å²) in [7, 11) is -2.36. The minimum Gasteiger partial charge on any atom is -0.468 e. The third-order valence-electron chi connectivity index (χ3n) is 6.10. The lowest BCUT2D eigenvalue weighted by molar-refractivity contribution is 0.0892. The van der Waals surface area contributed by atoms with Crippen LogP contribution < -0.4 is 0 Å². The van der Waals surface area contributed by atoms with Gasteiger partial charge in [-0.15, -0.1) is 0 Å². The molecule has 186 valence electrons. The molecule has 2 atom stereocenters. The summed E-state index contributed by atoms with van der Waals surface area (Å²) in [5.74, 6) is 2.73. The predicted octanol–water partition coefficient (Wildman–Crippen LogP) is 7.46. The van der Waals surface area contributed by atoms with Crippen molar-refractivity contribution in [2.75, 3.05) is 13.6 Å². The first-order valence-electron chi connectivity index (χ1n) is 12.5. The van der Waals surface area contributed by atoms with Crippen LogP contribution in [-0.4, -0.2) is 39.7 Å². The lowest BCUT2D eigenvalue weighted by atomic mass is 10.0. The van der Waals surface area contributed by atoms with Crippen molar-refractivity contribution in [3.63, 3.8) is 0 Å². The topological polar surface area (TPSA) is 36.9 Å². The normalized spacial score (nSPS) is 19.1. The third-order valence-corrected chi connectivity index (χ3v) is 9.52. The summed E-state index contributed by atoms with van der Waals surface area (Å²) < 4.78 is 24.0. The minimum atomic E-state index is -1.60. The molecule has 2 unspecified atom stereocenters. The lowest BCUT2D eigenvalue weighted by Gasteiger charge is -2.18. The van der Waals surface area contributed by atoms with Crippen LogP contribution in [0.25, 0.3) is 11.5 Å². The van der Waals surface area contributed by atoms with Crippen molar-refractivity contribution in [3.8, 4) is 0 Å². The van der Waals surface area contributed by atoms with Crippen LogP contribution in [0.4, 0.5) is 0 Å². The molecule has 0 bridgehead atoms. The van der Waals surface area contributed by atoms with Crippen LogP contribution in [0.2, 0.25) is 51.4 Å². The first-order chi connectivity index (χ1) is 16.6. The second-order valence-electron chi connectivity index (χ2n) is 11.1. The van der Waals surface area contributed by atoms with Crippen molar-refractivity contribution in [1.82, 2.24) is 0 Å². The number of ether oxygens (including phenoxy) is 2. The fourth-order valence-corrected chi connectivity index (χ4v) is 6.63. The fourth-order valence-electron chi connectivity index (χ4n) is 4.34. The van der Waals surface area contributed by atoms with Crippen LogP contribution in [-0.2, 0) is 18.3 Å². The number of rotatable bonds is 12. The highest BCUT2D eigenvalue weighted by atomic mass is 28.4. The van der Waals surface area contributed by atoms with Gasteiger partial charge in [0.05, 0.1) is 0 Å². The second kappa shape index (κ2) is 11.0. The zero-order chi connectivity index (χ0) is 25.1. The quantitative estimate of drug-likeness (QED) is 0.214. The Bertz CT molecular complexity index is 997. The van der Waals surface area contributed by atoms with E-state index in [1.165, 1.54) is 22.3 Å². The molecular formula is C28H38O4Si3. The van der Waals surface area contributed by atoms with Crippen molar-refractivity contribution in [1.29, 1.82) is 0 Å². The van der Waals surface area contributed by atoms with E-state index in [2.05, 4.69) is 100.0 Å². The zero-order valence-corrected chi connectivity index (χ0v) is 24.9. The summed E-state index contributed by atoms with van der Waals surface area (Å²) in [5.41, 5.74) is 5.17. The monoisotopic (exact) mass is 522 g/mol. The SMILES string of the molecule is C[Si](C)(C)OCOC1=CC(C[Si]CC2C=C(OCO[Si](C)(C)C)c3ccccc32)c2ccccc21. The molecule has 4 nitrogen and oxygen atoms in total. The summed E-state index contributed by atoms with van der Waals surface area (Å²) in [6, 6.07) is 19.5. The van der Waals surface area contributed by atoms with E-state index >= 15 is 0 Å². The van der Waals surface area contributed by atoms with E-state index in [4.69, 9.17) is 18.3 Å². The number of allylic oxidation sites excluding steroid dienone is 2. The third kappa shape index (κ3) is 7.07. The van der Waals surface area contributed by atoms with Crippen molar-refractivity contribution >= 4 is 37.7 Å². The number of hydrogen-bond acceptors (Lipinski definition) is 4. The largest absolute Gasteiger partial charge is 0.468 e. The molecule has 0 fully saturated rings. The average Bonchev–Trinajstić information content (AvgIpc) is 3.31. The average molecular weight is 523 g/mol. The highest BCUT2D eigenvalue weighted by molar-refractivity contribution is 6.70. The number of fused-ring (bicyclic) bond motifs is 2. The molecule has 4 rings (SSSR count). The van der Waals surface area contributed by atoms with Gasteiger partial charge in [0.1, 0.15) is 11.5 Å². The number of hydrogen-bond donors (Lipinski definition) is 0. The van der Waals surface area contributed by atoms with Crippen molar-refractivity contribution < 1.29 is 18.3 Å². The van der Waals surface area contributed by atoms with Gasteiger partial charge in [-0.3, -0.25) is 0 Å². The Kier molecular flexibility index (Phi) is 8.23. The van der Waals surface area contributed by atoms with Crippen LogP contribution in [0.3, 0.4) is 0 Å². The molecule has 2 aromatic carbocycles. The molecule has 7 heteroatoms. The van der Waals surface area contributed by atoms with E-state index in [1.807, 2.05) is 0 Å². The van der Waals surface area contributed by atoms with Crippen molar-refractivity contribution in [3.05, 3.63) is 82.9 Å². The van der Waals surface area contributed by atoms with E-state index < -0.39 is 16.6 Å². The van der Waals surface area contributed by atoms with Crippen LogP contribution in [0, 0.1) is 0 Å². The van der Waals surface area contributed by atoms with E-state index in [0.29, 0.717) is 25.4 Å². The molecule has 2 aliphatic carbocycles. The Morgan fingerprint density at radius 1 is 0.629 bits per heavy atom. The summed E-state index contributed by atoms with van der Waals surface area (Å²) in [4.78, 5) is 0. The van der Waals surface area contributed by atoms with E-state index in [1.54, 1.807) is 0 Å². The zero-order valence-electron chi connectivity index (χ0n) is 21.9. The Hall–Kier alpha value is -1.91. The van der Waals surface area contributed by atoms with Crippen molar-refractivity contribution in [2.45, 2.75) is 63.2 Å². The van der Waals surface area contributed by atoms with Crippen LogP contribution >= 0.6 is 0 Å². The second-order valence-corrected chi connectivity index (χ2v) is 21.5. The van der Waals surface area contributed by atoms with Crippen LogP contribution in [0.15, 0.2) is 60.7 Å². The molecule has 0 N–H and O–H groups in total. The molecule has 0 heterocycles. The fraction of sp³-hybridized carbons (Fsp3) is 0.429. The van der Waals surface area contributed by atoms with Gasteiger partial charge in [0, 0.05) is 32.5 Å². The van der Waals surface area contributed by atoms with Gasteiger partial charge in [-0.05, 0) is 62.6 Å². The molecule has 0 aromatic heterocycles. The molecule has 0 spiro atoms. The van der Waals surface area contributed by atoms with Crippen LogP contribution in [0.1, 0.15) is 34.1 Å². The summed E-state index contributed by atoms with van der Waals surface area (Å²) in [5, 5.41) is 0. The smallest absolute Gasteiger partial charge is 0.188 e. The van der Waals surface area contributed by atoms with Gasteiger partial charge < -0.3 is 18.3 Å². The molecule has 0 saturated heterocycles. The molecule has 2 aliphatic rings. The molecule has 0 amide bonds. The van der Waals surface area contributed by atoms with E-state index in [-0.39, 0.29) is 0 Å². The molecule has 2 radical (unpaired) electrons. The lowest BCUT2D eigenvalue weighted by Crippen LogP contribution is -2.26.